The topological polar surface area (TPSA) is 37.3 Å². The molecule has 0 aromatic carbocycles. The van der Waals surface area contributed by atoms with Gasteiger partial charge in [-0.25, -0.2) is 0 Å². The highest BCUT2D eigenvalue weighted by Gasteiger charge is 2.21. The first kappa shape index (κ1) is 12.1. The fourth-order valence-corrected chi connectivity index (χ4v) is 3.63. The molecule has 2 nitrogen and oxygen atoms in total. The third-order valence-electron chi connectivity index (χ3n) is 1.97. The van der Waals surface area contributed by atoms with Crippen LogP contribution in [0.25, 0.3) is 0 Å². The van der Waals surface area contributed by atoms with E-state index in [0.717, 1.165) is 5.75 Å². The first-order valence-electron chi connectivity index (χ1n) is 4.15. The van der Waals surface area contributed by atoms with Gasteiger partial charge in [0.15, 0.2) is 0 Å². The second-order valence-electron chi connectivity index (χ2n) is 2.93. The molecular weight excluding hydrogens is 196 g/mol. The summed E-state index contributed by atoms with van der Waals surface area (Å²) in [4.78, 5) is 10.2. The Morgan fingerprint density at radius 1 is 1.25 bits per heavy atom. The van der Waals surface area contributed by atoms with E-state index >= 15 is 0 Å². The second-order valence-corrected chi connectivity index (χ2v) is 5.38. The number of hydrogen-bond donors (Lipinski definition) is 1. The van der Waals surface area contributed by atoms with Gasteiger partial charge < -0.3 is 17.5 Å². The predicted molar refractivity (Wildman–Crippen MR) is 48.1 cm³/mol. The molecule has 0 bridgehead atoms. The zero-order valence-corrected chi connectivity index (χ0v) is 8.66. The van der Waals surface area contributed by atoms with Crippen molar-refractivity contribution < 1.29 is 22.3 Å². The molecule has 1 heterocycles. The molecule has 0 aromatic heterocycles. The van der Waals surface area contributed by atoms with Crippen LogP contribution in [0.5, 0.6) is 0 Å². The fourth-order valence-electron chi connectivity index (χ4n) is 1.33. The summed E-state index contributed by atoms with van der Waals surface area (Å²) >= 11 is 0. The number of halogens is 1. The molecule has 4 heteroatoms. The lowest BCUT2D eigenvalue weighted by Gasteiger charge is -2.12. The summed E-state index contributed by atoms with van der Waals surface area (Å²) in [6, 6.07) is 0. The average Bonchev–Trinajstić information content (AvgIpc) is 2.03. The third-order valence-corrected chi connectivity index (χ3v) is 4.48. The number of hydrogen-bond acceptors (Lipinski definition) is 1. The van der Waals surface area contributed by atoms with E-state index in [1.165, 1.54) is 30.8 Å². The van der Waals surface area contributed by atoms with Crippen LogP contribution < -0.4 is 12.4 Å². The monoisotopic (exact) mass is 210 g/mol. The van der Waals surface area contributed by atoms with Crippen LogP contribution in [-0.4, -0.2) is 28.3 Å². The molecule has 0 aromatic rings. The highest BCUT2D eigenvalue weighted by molar-refractivity contribution is 7.96. The highest BCUT2D eigenvalue weighted by atomic mass is 35.5. The minimum Gasteiger partial charge on any atom is -1.00 e. The van der Waals surface area contributed by atoms with E-state index in [0.29, 0.717) is 17.3 Å². The van der Waals surface area contributed by atoms with E-state index in [4.69, 9.17) is 5.11 Å². The van der Waals surface area contributed by atoms with Crippen molar-refractivity contribution in [1.82, 2.24) is 0 Å². The Labute approximate surface area is 82.5 Å². The maximum atomic E-state index is 10.2. The molecule has 1 aliphatic rings. The SMILES string of the molecule is O=C(O)CC[S+]1CCCCC1.[Cl-]. The van der Waals surface area contributed by atoms with Gasteiger partial charge in [0.05, 0.1) is 6.42 Å². The highest BCUT2D eigenvalue weighted by Crippen LogP contribution is 2.14. The largest absolute Gasteiger partial charge is 1.00 e. The minimum absolute atomic E-state index is 0. The Kier molecular flexibility index (Phi) is 6.67. The van der Waals surface area contributed by atoms with Crippen LogP contribution in [0.2, 0.25) is 0 Å². The quantitative estimate of drug-likeness (QED) is 0.563. The van der Waals surface area contributed by atoms with E-state index in [1.54, 1.807) is 0 Å². The molecule has 0 aliphatic carbocycles. The summed E-state index contributed by atoms with van der Waals surface area (Å²) in [6.07, 6.45) is 4.38. The molecule has 0 spiro atoms. The Hall–Kier alpha value is 0.110. The summed E-state index contributed by atoms with van der Waals surface area (Å²) in [5.41, 5.74) is 0. The molecule has 0 unspecified atom stereocenters. The minimum atomic E-state index is -0.636. The predicted octanol–water partition coefficient (Wildman–Crippen LogP) is -1.73. The molecule has 0 radical (unpaired) electrons. The molecule has 0 amide bonds. The van der Waals surface area contributed by atoms with E-state index < -0.39 is 5.97 Å². The molecule has 1 rings (SSSR count). The van der Waals surface area contributed by atoms with Crippen LogP contribution >= 0.6 is 0 Å². The lowest BCUT2D eigenvalue weighted by atomic mass is 10.3. The van der Waals surface area contributed by atoms with E-state index in [1.807, 2.05) is 0 Å². The van der Waals surface area contributed by atoms with Crippen LogP contribution in [0.1, 0.15) is 25.7 Å². The van der Waals surface area contributed by atoms with Crippen LogP contribution in [0.4, 0.5) is 0 Å². The van der Waals surface area contributed by atoms with Crippen LogP contribution in [0.15, 0.2) is 0 Å². The summed E-state index contributed by atoms with van der Waals surface area (Å²) in [5, 5.41) is 8.45. The number of carbonyl (C=O) groups is 1. The molecule has 72 valence electrons. The molecular formula is C8H15ClO2S. The van der Waals surface area contributed by atoms with Gasteiger partial charge >= 0.3 is 5.97 Å². The average molecular weight is 211 g/mol. The first-order valence-corrected chi connectivity index (χ1v) is 5.88. The summed E-state index contributed by atoms with van der Waals surface area (Å²) < 4.78 is 0. The Balaban J connectivity index is 0.00000121. The summed E-state index contributed by atoms with van der Waals surface area (Å²) in [7, 11) is 0.454. The van der Waals surface area contributed by atoms with Crippen molar-refractivity contribution in [1.29, 1.82) is 0 Å². The zero-order chi connectivity index (χ0) is 8.10. The Morgan fingerprint density at radius 2 is 1.83 bits per heavy atom. The van der Waals surface area contributed by atoms with Crippen molar-refractivity contribution in [2.45, 2.75) is 25.7 Å². The first-order chi connectivity index (χ1) is 5.29. The van der Waals surface area contributed by atoms with Crippen molar-refractivity contribution in [3.05, 3.63) is 0 Å². The number of carboxylic acids is 1. The lowest BCUT2D eigenvalue weighted by molar-refractivity contribution is -0.136. The molecule has 0 atom stereocenters. The number of rotatable bonds is 3. The van der Waals surface area contributed by atoms with Gasteiger partial charge in [-0.15, -0.1) is 0 Å². The van der Waals surface area contributed by atoms with Crippen molar-refractivity contribution >= 4 is 16.9 Å². The van der Waals surface area contributed by atoms with E-state index in [-0.39, 0.29) is 12.4 Å². The van der Waals surface area contributed by atoms with Crippen LogP contribution in [-0.2, 0) is 15.7 Å². The van der Waals surface area contributed by atoms with Crippen LogP contribution in [0, 0.1) is 0 Å². The smallest absolute Gasteiger partial charge is 0.308 e. The standard InChI is InChI=1S/C8H14O2S.ClH/c9-8(10)4-7-11-5-2-1-3-6-11;/h1-7H2;1H. The maximum Gasteiger partial charge on any atom is 0.308 e. The molecule has 1 aliphatic heterocycles. The number of carboxylic acid groups (broad SMARTS) is 1. The van der Waals surface area contributed by atoms with Crippen molar-refractivity contribution in [3.8, 4) is 0 Å². The Morgan fingerprint density at radius 3 is 2.33 bits per heavy atom. The van der Waals surface area contributed by atoms with Gasteiger partial charge in [-0.3, -0.25) is 4.79 Å². The van der Waals surface area contributed by atoms with E-state index in [9.17, 15) is 4.79 Å². The number of aliphatic carboxylic acids is 1. The van der Waals surface area contributed by atoms with Crippen molar-refractivity contribution in [3.63, 3.8) is 0 Å². The third kappa shape index (κ3) is 4.88. The second kappa shape index (κ2) is 6.61. The van der Waals surface area contributed by atoms with Gasteiger partial charge in [-0.2, -0.15) is 0 Å². The van der Waals surface area contributed by atoms with Gasteiger partial charge in [0.1, 0.15) is 17.3 Å². The molecule has 12 heavy (non-hydrogen) atoms. The van der Waals surface area contributed by atoms with Gasteiger partial charge in [0, 0.05) is 0 Å². The van der Waals surface area contributed by atoms with Crippen LogP contribution in [0.3, 0.4) is 0 Å². The maximum absolute atomic E-state index is 10.2. The summed E-state index contributed by atoms with van der Waals surface area (Å²) in [5.74, 6) is 2.86. The molecule has 0 saturated carbocycles. The molecule has 1 fully saturated rings. The summed E-state index contributed by atoms with van der Waals surface area (Å²) in [6.45, 7) is 0. The lowest BCUT2D eigenvalue weighted by Crippen LogP contribution is -3.00. The van der Waals surface area contributed by atoms with Crippen molar-refractivity contribution in [2.75, 3.05) is 17.3 Å². The van der Waals surface area contributed by atoms with Gasteiger partial charge in [-0.1, -0.05) is 0 Å². The Bertz CT molecular complexity index is 135. The fraction of sp³-hybridized carbons (Fsp3) is 0.875. The van der Waals surface area contributed by atoms with E-state index in [2.05, 4.69) is 0 Å². The van der Waals surface area contributed by atoms with Gasteiger partial charge in [0.25, 0.3) is 0 Å². The zero-order valence-electron chi connectivity index (χ0n) is 7.09. The normalized spacial score (nSPS) is 18.3. The molecule has 1 N–H and O–H groups in total. The van der Waals surface area contributed by atoms with Crippen molar-refractivity contribution in [2.24, 2.45) is 0 Å². The van der Waals surface area contributed by atoms with Gasteiger partial charge in [0.2, 0.25) is 0 Å². The van der Waals surface area contributed by atoms with Gasteiger partial charge in [-0.05, 0) is 30.2 Å². The molecule has 1 saturated heterocycles.